The summed E-state index contributed by atoms with van der Waals surface area (Å²) in [5.74, 6) is 0. The van der Waals surface area contributed by atoms with Gasteiger partial charge in [-0.05, 0) is 12.1 Å². The Labute approximate surface area is 96.3 Å². The number of hydrogen-bond donors (Lipinski definition) is 3. The molecule has 1 heterocycles. The summed E-state index contributed by atoms with van der Waals surface area (Å²) in [4.78, 5) is 4.32. The number of rotatable bonds is 6. The van der Waals surface area contributed by atoms with Crippen LogP contribution in [0, 0.1) is 0 Å². The van der Waals surface area contributed by atoms with Crippen molar-refractivity contribution in [1.29, 1.82) is 0 Å². The second kappa shape index (κ2) is 5.94. The third-order valence-corrected chi connectivity index (χ3v) is 2.52. The number of nitrogens with zero attached hydrogens (tertiary/aromatic N) is 1. The van der Waals surface area contributed by atoms with Gasteiger partial charge in [0.1, 0.15) is 0 Å². The quantitative estimate of drug-likeness (QED) is 0.650. The standard InChI is InChI=1S/C12H20N2O2/c1-12(2,9-13-7-10(16)8-15)11-5-3-4-6-14-11/h3-6,10,13,15-16H,7-9H2,1-2H3. The lowest BCUT2D eigenvalue weighted by molar-refractivity contribution is 0.0934. The molecular formula is C12H20N2O2. The Morgan fingerprint density at radius 1 is 1.44 bits per heavy atom. The Kier molecular flexibility index (Phi) is 4.86. The van der Waals surface area contributed by atoms with Gasteiger partial charge in [-0.3, -0.25) is 4.98 Å². The predicted molar refractivity (Wildman–Crippen MR) is 63.2 cm³/mol. The molecule has 0 aliphatic rings. The summed E-state index contributed by atoms with van der Waals surface area (Å²) in [7, 11) is 0. The molecular weight excluding hydrogens is 204 g/mol. The van der Waals surface area contributed by atoms with E-state index in [1.54, 1.807) is 6.20 Å². The van der Waals surface area contributed by atoms with Crippen LogP contribution < -0.4 is 5.32 Å². The van der Waals surface area contributed by atoms with Gasteiger partial charge in [0, 0.05) is 30.4 Å². The van der Waals surface area contributed by atoms with Crippen molar-refractivity contribution < 1.29 is 10.2 Å². The predicted octanol–water partition coefficient (Wildman–Crippen LogP) is 0.302. The molecule has 4 heteroatoms. The van der Waals surface area contributed by atoms with Crippen molar-refractivity contribution in [2.45, 2.75) is 25.4 Å². The number of pyridine rings is 1. The van der Waals surface area contributed by atoms with E-state index >= 15 is 0 Å². The highest BCUT2D eigenvalue weighted by atomic mass is 16.3. The molecule has 1 rings (SSSR count). The van der Waals surface area contributed by atoms with Crippen molar-refractivity contribution >= 4 is 0 Å². The van der Waals surface area contributed by atoms with Crippen LogP contribution in [0.5, 0.6) is 0 Å². The Hall–Kier alpha value is -0.970. The first-order chi connectivity index (χ1) is 7.56. The zero-order valence-electron chi connectivity index (χ0n) is 9.85. The van der Waals surface area contributed by atoms with Gasteiger partial charge in [-0.2, -0.15) is 0 Å². The average Bonchev–Trinajstić information content (AvgIpc) is 2.30. The third kappa shape index (κ3) is 3.89. The highest BCUT2D eigenvalue weighted by Crippen LogP contribution is 2.19. The minimum Gasteiger partial charge on any atom is -0.394 e. The number of aliphatic hydroxyl groups excluding tert-OH is 2. The molecule has 0 aromatic carbocycles. The SMILES string of the molecule is CC(C)(CNCC(O)CO)c1ccccn1. The average molecular weight is 224 g/mol. The second-order valence-electron chi connectivity index (χ2n) is 4.57. The molecule has 1 aromatic rings. The van der Waals surface area contributed by atoms with E-state index in [2.05, 4.69) is 24.1 Å². The lowest BCUT2D eigenvalue weighted by atomic mass is 9.88. The lowest BCUT2D eigenvalue weighted by Gasteiger charge is -2.25. The number of aromatic nitrogens is 1. The van der Waals surface area contributed by atoms with E-state index in [4.69, 9.17) is 5.11 Å². The van der Waals surface area contributed by atoms with Gasteiger partial charge >= 0.3 is 0 Å². The monoisotopic (exact) mass is 224 g/mol. The van der Waals surface area contributed by atoms with Gasteiger partial charge in [0.2, 0.25) is 0 Å². The smallest absolute Gasteiger partial charge is 0.0894 e. The van der Waals surface area contributed by atoms with Crippen molar-refractivity contribution in [3.63, 3.8) is 0 Å². The molecule has 0 bridgehead atoms. The minimum absolute atomic E-state index is 0.0869. The molecule has 4 nitrogen and oxygen atoms in total. The Balaban J connectivity index is 2.46. The van der Waals surface area contributed by atoms with Crippen LogP contribution in [0.1, 0.15) is 19.5 Å². The van der Waals surface area contributed by atoms with Crippen molar-refractivity contribution in [2.75, 3.05) is 19.7 Å². The van der Waals surface area contributed by atoms with Crippen LogP contribution in [0.15, 0.2) is 24.4 Å². The second-order valence-corrected chi connectivity index (χ2v) is 4.57. The van der Waals surface area contributed by atoms with Gasteiger partial charge in [-0.25, -0.2) is 0 Å². The molecule has 0 aliphatic carbocycles. The van der Waals surface area contributed by atoms with Crippen molar-refractivity contribution in [1.82, 2.24) is 10.3 Å². The normalized spacial score (nSPS) is 13.8. The van der Waals surface area contributed by atoms with Crippen molar-refractivity contribution in [3.8, 4) is 0 Å². The van der Waals surface area contributed by atoms with E-state index in [1.165, 1.54) is 0 Å². The first kappa shape index (κ1) is 13.1. The molecule has 3 N–H and O–H groups in total. The van der Waals surface area contributed by atoms with Crippen LogP contribution in [0.25, 0.3) is 0 Å². The highest BCUT2D eigenvalue weighted by molar-refractivity contribution is 5.14. The molecule has 90 valence electrons. The number of aliphatic hydroxyl groups is 2. The van der Waals surface area contributed by atoms with Crippen LogP contribution in [0.2, 0.25) is 0 Å². The zero-order valence-corrected chi connectivity index (χ0v) is 9.85. The molecule has 1 unspecified atom stereocenters. The summed E-state index contributed by atoms with van der Waals surface area (Å²) < 4.78 is 0. The molecule has 0 saturated heterocycles. The van der Waals surface area contributed by atoms with Crippen LogP contribution in [0.4, 0.5) is 0 Å². The van der Waals surface area contributed by atoms with Gasteiger partial charge in [-0.15, -0.1) is 0 Å². The van der Waals surface area contributed by atoms with E-state index in [1.807, 2.05) is 18.2 Å². The van der Waals surface area contributed by atoms with Crippen molar-refractivity contribution in [3.05, 3.63) is 30.1 Å². The van der Waals surface area contributed by atoms with E-state index in [-0.39, 0.29) is 12.0 Å². The molecule has 0 aliphatic heterocycles. The van der Waals surface area contributed by atoms with Crippen LogP contribution in [-0.2, 0) is 5.41 Å². The lowest BCUT2D eigenvalue weighted by Crippen LogP contribution is -2.38. The number of hydrogen-bond acceptors (Lipinski definition) is 4. The first-order valence-corrected chi connectivity index (χ1v) is 5.47. The van der Waals surface area contributed by atoms with E-state index < -0.39 is 6.10 Å². The molecule has 0 spiro atoms. The third-order valence-electron chi connectivity index (χ3n) is 2.52. The molecule has 1 aromatic heterocycles. The van der Waals surface area contributed by atoms with Crippen LogP contribution in [0.3, 0.4) is 0 Å². The maximum atomic E-state index is 9.20. The topological polar surface area (TPSA) is 65.4 Å². The maximum Gasteiger partial charge on any atom is 0.0894 e. The van der Waals surface area contributed by atoms with E-state index in [0.717, 1.165) is 5.69 Å². The van der Waals surface area contributed by atoms with Gasteiger partial charge in [0.05, 0.1) is 12.7 Å². The summed E-state index contributed by atoms with van der Waals surface area (Å²) in [6, 6.07) is 5.85. The molecule has 0 saturated carbocycles. The number of nitrogens with one attached hydrogen (secondary N) is 1. The van der Waals surface area contributed by atoms with Crippen molar-refractivity contribution in [2.24, 2.45) is 0 Å². The van der Waals surface area contributed by atoms with E-state index in [9.17, 15) is 5.11 Å². The molecule has 0 amide bonds. The fraction of sp³-hybridized carbons (Fsp3) is 0.583. The van der Waals surface area contributed by atoms with E-state index in [0.29, 0.717) is 13.1 Å². The molecule has 0 radical (unpaired) electrons. The Morgan fingerprint density at radius 2 is 2.19 bits per heavy atom. The maximum absolute atomic E-state index is 9.20. The largest absolute Gasteiger partial charge is 0.394 e. The summed E-state index contributed by atoms with van der Waals surface area (Å²) in [6.07, 6.45) is 1.08. The summed E-state index contributed by atoms with van der Waals surface area (Å²) in [6.45, 7) is 5.08. The first-order valence-electron chi connectivity index (χ1n) is 5.47. The molecule has 16 heavy (non-hydrogen) atoms. The Bertz CT molecular complexity index is 301. The van der Waals surface area contributed by atoms with Gasteiger partial charge < -0.3 is 15.5 Å². The minimum atomic E-state index is -0.695. The van der Waals surface area contributed by atoms with Crippen LogP contribution in [-0.4, -0.2) is 41.0 Å². The van der Waals surface area contributed by atoms with Gasteiger partial charge in [-0.1, -0.05) is 19.9 Å². The fourth-order valence-corrected chi connectivity index (χ4v) is 1.47. The van der Waals surface area contributed by atoms with Gasteiger partial charge in [0.15, 0.2) is 0 Å². The summed E-state index contributed by atoms with van der Waals surface area (Å²) in [5.41, 5.74) is 0.928. The Morgan fingerprint density at radius 3 is 2.75 bits per heavy atom. The highest BCUT2D eigenvalue weighted by Gasteiger charge is 2.21. The summed E-state index contributed by atoms with van der Waals surface area (Å²) in [5, 5.41) is 21.0. The zero-order chi connectivity index (χ0) is 12.0. The fourth-order valence-electron chi connectivity index (χ4n) is 1.47. The molecule has 1 atom stereocenters. The summed E-state index contributed by atoms with van der Waals surface area (Å²) >= 11 is 0. The van der Waals surface area contributed by atoms with Crippen LogP contribution >= 0.6 is 0 Å². The van der Waals surface area contributed by atoms with Gasteiger partial charge in [0.25, 0.3) is 0 Å². The molecule has 0 fully saturated rings.